The molecular formula is C35H30N2O8. The molecule has 4 aromatic carbocycles. The summed E-state index contributed by atoms with van der Waals surface area (Å²) in [6, 6.07) is 21.9. The van der Waals surface area contributed by atoms with Gasteiger partial charge in [0.15, 0.2) is 34.6 Å². The highest BCUT2D eigenvalue weighted by molar-refractivity contribution is 6.05. The number of carbonyl (C=O) groups excluding carboxylic acids is 2. The lowest BCUT2D eigenvalue weighted by Gasteiger charge is -2.13. The maximum Gasteiger partial charge on any atom is 0.231 e. The third-order valence-corrected chi connectivity index (χ3v) is 7.20. The van der Waals surface area contributed by atoms with Crippen LogP contribution in [0.5, 0.6) is 34.5 Å². The summed E-state index contributed by atoms with van der Waals surface area (Å²) in [5.74, 6) is 3.30. The Morgan fingerprint density at radius 3 is 1.51 bits per heavy atom. The van der Waals surface area contributed by atoms with Crippen LogP contribution in [-0.4, -0.2) is 39.4 Å². The van der Waals surface area contributed by atoms with Crippen LogP contribution in [0, 0.1) is 0 Å². The van der Waals surface area contributed by atoms with E-state index < -0.39 is 0 Å². The van der Waals surface area contributed by atoms with Gasteiger partial charge >= 0.3 is 0 Å². The predicted molar refractivity (Wildman–Crippen MR) is 168 cm³/mol. The fourth-order valence-electron chi connectivity index (χ4n) is 4.87. The largest absolute Gasteiger partial charge is 0.495 e. The average molecular weight is 607 g/mol. The van der Waals surface area contributed by atoms with Gasteiger partial charge in [-0.3, -0.25) is 9.59 Å². The Morgan fingerprint density at radius 2 is 1.07 bits per heavy atom. The quantitative estimate of drug-likeness (QED) is 0.139. The van der Waals surface area contributed by atoms with Crippen LogP contribution in [0.15, 0.2) is 97.3 Å². The molecule has 10 heteroatoms. The minimum absolute atomic E-state index is 0.155. The highest BCUT2D eigenvalue weighted by Gasteiger charge is 2.16. The Kier molecular flexibility index (Phi) is 8.54. The Morgan fingerprint density at radius 1 is 0.622 bits per heavy atom. The van der Waals surface area contributed by atoms with Gasteiger partial charge in [-0.05, 0) is 78.2 Å². The van der Waals surface area contributed by atoms with Crippen LogP contribution in [0.2, 0.25) is 0 Å². The second-order valence-corrected chi connectivity index (χ2v) is 10.1. The van der Waals surface area contributed by atoms with Crippen LogP contribution >= 0.6 is 0 Å². The smallest absolute Gasteiger partial charge is 0.231 e. The molecule has 0 radical (unpaired) electrons. The van der Waals surface area contributed by atoms with Gasteiger partial charge < -0.3 is 39.1 Å². The van der Waals surface area contributed by atoms with E-state index in [1.54, 1.807) is 63.0 Å². The molecule has 228 valence electrons. The number of hydrogen-bond donors (Lipinski definition) is 2. The topological polar surface area (TPSA) is 114 Å². The molecule has 2 aliphatic heterocycles. The van der Waals surface area contributed by atoms with E-state index >= 15 is 0 Å². The van der Waals surface area contributed by atoms with Crippen LogP contribution < -0.4 is 39.1 Å². The lowest BCUT2D eigenvalue weighted by Crippen LogP contribution is -1.99. The standard InChI is InChI=1S/C35H30N2O8/c1-40-32-16-22(3-7-26(32)36-13-11-28(38)24-5-9-30-34(18-24)44-20-42-30)15-23-4-8-27(33(17-23)41-2)37-14-12-29(39)25-6-10-31-35(19-25)45-21-43-31/h3-14,16-19,36-37H,15,20-21H2,1-2H3. The van der Waals surface area contributed by atoms with E-state index in [2.05, 4.69) is 10.6 Å². The van der Waals surface area contributed by atoms with E-state index in [9.17, 15) is 9.59 Å². The minimum atomic E-state index is -0.171. The molecular weight excluding hydrogens is 576 g/mol. The number of ether oxygens (including phenoxy) is 6. The van der Waals surface area contributed by atoms with Crippen molar-refractivity contribution < 1.29 is 38.0 Å². The fourth-order valence-corrected chi connectivity index (χ4v) is 4.87. The molecule has 0 aromatic heterocycles. The van der Waals surface area contributed by atoms with Gasteiger partial charge in [-0.25, -0.2) is 0 Å². The zero-order chi connectivity index (χ0) is 31.2. The van der Waals surface area contributed by atoms with E-state index in [0.717, 1.165) is 22.5 Å². The molecule has 0 amide bonds. The summed E-state index contributed by atoms with van der Waals surface area (Å²) in [5, 5.41) is 6.26. The number of nitrogens with one attached hydrogen (secondary N) is 2. The first-order valence-corrected chi connectivity index (χ1v) is 14.1. The first kappa shape index (κ1) is 29.2. The molecule has 0 saturated heterocycles. The van der Waals surface area contributed by atoms with Crippen LogP contribution in [0.4, 0.5) is 11.4 Å². The third-order valence-electron chi connectivity index (χ3n) is 7.20. The second kappa shape index (κ2) is 13.2. The van der Waals surface area contributed by atoms with Crippen molar-refractivity contribution in [2.45, 2.75) is 6.42 Å². The van der Waals surface area contributed by atoms with Crippen molar-refractivity contribution in [2.24, 2.45) is 0 Å². The van der Waals surface area contributed by atoms with E-state index in [1.807, 2.05) is 36.4 Å². The molecule has 2 N–H and O–H groups in total. The van der Waals surface area contributed by atoms with Gasteiger partial charge in [0.2, 0.25) is 13.6 Å². The van der Waals surface area contributed by atoms with Gasteiger partial charge in [0, 0.05) is 35.7 Å². The van der Waals surface area contributed by atoms with Gasteiger partial charge in [-0.1, -0.05) is 12.1 Å². The van der Waals surface area contributed by atoms with Gasteiger partial charge in [-0.15, -0.1) is 0 Å². The van der Waals surface area contributed by atoms with E-state index in [1.165, 1.54) is 12.2 Å². The third kappa shape index (κ3) is 6.70. The molecule has 0 spiro atoms. The number of fused-ring (bicyclic) bond motifs is 2. The zero-order valence-corrected chi connectivity index (χ0v) is 24.6. The summed E-state index contributed by atoms with van der Waals surface area (Å²) in [7, 11) is 3.19. The monoisotopic (exact) mass is 606 g/mol. The van der Waals surface area contributed by atoms with E-state index in [-0.39, 0.29) is 25.2 Å². The normalized spacial score (nSPS) is 12.8. The highest BCUT2D eigenvalue weighted by atomic mass is 16.7. The Balaban J connectivity index is 1.06. The van der Waals surface area contributed by atoms with Crippen LogP contribution in [0.1, 0.15) is 31.8 Å². The average Bonchev–Trinajstić information content (AvgIpc) is 3.74. The van der Waals surface area contributed by atoms with Gasteiger partial charge in [0.1, 0.15) is 11.5 Å². The maximum atomic E-state index is 12.6. The van der Waals surface area contributed by atoms with Gasteiger partial charge in [0.05, 0.1) is 25.6 Å². The molecule has 0 bridgehead atoms. The lowest BCUT2D eigenvalue weighted by atomic mass is 10.0. The molecule has 6 rings (SSSR count). The summed E-state index contributed by atoms with van der Waals surface area (Å²) >= 11 is 0. The number of hydrogen-bond acceptors (Lipinski definition) is 10. The van der Waals surface area contributed by atoms with Crippen molar-refractivity contribution in [3.05, 3.63) is 120 Å². The SMILES string of the molecule is COc1cc(Cc2ccc(NC=CC(=O)c3ccc4c(c3)OCO4)c(OC)c2)ccc1NC=CC(=O)c1ccc2c(c1)OCO2. The first-order valence-electron chi connectivity index (χ1n) is 14.1. The Labute approximate surface area is 259 Å². The molecule has 0 unspecified atom stereocenters. The molecule has 2 heterocycles. The number of rotatable bonds is 12. The van der Waals surface area contributed by atoms with E-state index in [4.69, 9.17) is 28.4 Å². The Hall–Kier alpha value is -5.90. The molecule has 45 heavy (non-hydrogen) atoms. The van der Waals surface area contributed by atoms with Crippen molar-refractivity contribution in [3.8, 4) is 34.5 Å². The van der Waals surface area contributed by atoms with Crippen LogP contribution in [-0.2, 0) is 6.42 Å². The fraction of sp³-hybridized carbons (Fsp3) is 0.143. The summed E-state index contributed by atoms with van der Waals surface area (Å²) in [4.78, 5) is 25.2. The van der Waals surface area contributed by atoms with Crippen molar-refractivity contribution in [1.82, 2.24) is 0 Å². The predicted octanol–water partition coefficient (Wildman–Crippen LogP) is 6.37. The van der Waals surface area contributed by atoms with Crippen molar-refractivity contribution >= 4 is 22.9 Å². The van der Waals surface area contributed by atoms with Crippen molar-refractivity contribution in [3.63, 3.8) is 0 Å². The number of ketones is 2. The molecule has 2 aliphatic rings. The molecule has 4 aromatic rings. The number of anilines is 2. The summed E-state index contributed by atoms with van der Waals surface area (Å²) in [6.07, 6.45) is 6.70. The van der Waals surface area contributed by atoms with Crippen molar-refractivity contribution in [1.29, 1.82) is 0 Å². The highest BCUT2D eigenvalue weighted by Crippen LogP contribution is 2.34. The first-order chi connectivity index (χ1) is 22.0. The number of benzene rings is 4. The lowest BCUT2D eigenvalue weighted by molar-refractivity contribution is 0.103. The van der Waals surface area contributed by atoms with Gasteiger partial charge in [-0.2, -0.15) is 0 Å². The molecule has 10 nitrogen and oxygen atoms in total. The van der Waals surface area contributed by atoms with Crippen LogP contribution in [0.25, 0.3) is 0 Å². The van der Waals surface area contributed by atoms with Crippen LogP contribution in [0.3, 0.4) is 0 Å². The molecule has 0 atom stereocenters. The molecule has 0 fully saturated rings. The number of methoxy groups -OCH3 is 2. The molecule has 0 aliphatic carbocycles. The number of allylic oxidation sites excluding steroid dienone is 2. The summed E-state index contributed by atoms with van der Waals surface area (Å²) in [5.41, 5.74) is 4.49. The Bertz CT molecular complexity index is 1680. The minimum Gasteiger partial charge on any atom is -0.495 e. The van der Waals surface area contributed by atoms with Crippen molar-refractivity contribution in [2.75, 3.05) is 38.4 Å². The van der Waals surface area contributed by atoms with E-state index in [0.29, 0.717) is 52.0 Å². The van der Waals surface area contributed by atoms with Gasteiger partial charge in [0.25, 0.3) is 0 Å². The summed E-state index contributed by atoms with van der Waals surface area (Å²) < 4.78 is 32.5. The molecule has 0 saturated carbocycles. The zero-order valence-electron chi connectivity index (χ0n) is 24.6. The second-order valence-electron chi connectivity index (χ2n) is 10.1. The maximum absolute atomic E-state index is 12.6. The summed E-state index contributed by atoms with van der Waals surface area (Å²) in [6.45, 7) is 0.309. The number of carbonyl (C=O) groups is 2.